The molecule has 10 nitrogen and oxygen atoms in total. The Kier molecular flexibility index (Phi) is 5.58. The van der Waals surface area contributed by atoms with Gasteiger partial charge in [0.2, 0.25) is 11.9 Å². The van der Waals surface area contributed by atoms with Crippen LogP contribution in [0.1, 0.15) is 12.5 Å². The third-order valence-corrected chi connectivity index (χ3v) is 4.21. The highest BCUT2D eigenvalue weighted by molar-refractivity contribution is 7.98. The summed E-state index contributed by atoms with van der Waals surface area (Å²) in [7, 11) is 0. The third-order valence-electron chi connectivity index (χ3n) is 3.53. The van der Waals surface area contributed by atoms with E-state index in [-0.39, 0.29) is 28.7 Å². The molecule has 0 aliphatic carbocycles. The summed E-state index contributed by atoms with van der Waals surface area (Å²) in [6.45, 7) is 1.50. The van der Waals surface area contributed by atoms with Crippen molar-refractivity contribution in [1.29, 1.82) is 5.26 Å². The van der Waals surface area contributed by atoms with Crippen molar-refractivity contribution in [3.05, 3.63) is 39.9 Å². The predicted molar refractivity (Wildman–Crippen MR) is 96.8 cm³/mol. The number of aromatic nitrogens is 2. The van der Waals surface area contributed by atoms with Gasteiger partial charge in [-0.1, -0.05) is 6.07 Å². The zero-order valence-electron chi connectivity index (χ0n) is 13.9. The molecule has 0 spiro atoms. The number of carbonyl (C=O) groups excluding carboxylic acids is 1. The van der Waals surface area contributed by atoms with E-state index in [1.807, 2.05) is 6.07 Å². The molecule has 134 valence electrons. The summed E-state index contributed by atoms with van der Waals surface area (Å²) < 4.78 is 0. The molecule has 0 fully saturated rings. The van der Waals surface area contributed by atoms with Crippen LogP contribution in [0.3, 0.4) is 0 Å². The monoisotopic (exact) mass is 373 g/mol. The highest BCUT2D eigenvalue weighted by atomic mass is 32.2. The van der Waals surface area contributed by atoms with E-state index in [4.69, 9.17) is 11.5 Å². The first kappa shape index (κ1) is 18.9. The van der Waals surface area contributed by atoms with Gasteiger partial charge in [0.25, 0.3) is 5.69 Å². The number of hydrogen-bond donors (Lipinski definition) is 2. The van der Waals surface area contributed by atoms with Crippen LogP contribution in [-0.2, 0) is 4.79 Å². The molecule has 0 unspecified atom stereocenters. The average molecular weight is 373 g/mol. The van der Waals surface area contributed by atoms with E-state index in [9.17, 15) is 20.2 Å². The minimum atomic E-state index is -0.951. The number of primary amides is 1. The molecule has 2 aromatic rings. The summed E-state index contributed by atoms with van der Waals surface area (Å²) >= 11 is 1.18. The number of carbonyl (C=O) groups is 1. The zero-order valence-corrected chi connectivity index (χ0v) is 14.7. The largest absolute Gasteiger partial charge is 0.368 e. The number of amides is 1. The molecule has 1 atom stereocenters. The fraction of sp³-hybridized carbons (Fsp3) is 0.200. The van der Waals surface area contributed by atoms with Crippen LogP contribution in [0.5, 0.6) is 0 Å². The second-order valence-electron chi connectivity index (χ2n) is 5.13. The molecule has 0 aliphatic heterocycles. The van der Waals surface area contributed by atoms with Crippen molar-refractivity contribution in [2.75, 3.05) is 16.9 Å². The van der Waals surface area contributed by atoms with E-state index < -0.39 is 16.9 Å². The molecule has 0 bridgehead atoms. The molecule has 26 heavy (non-hydrogen) atoms. The summed E-state index contributed by atoms with van der Waals surface area (Å²) in [6.07, 6.45) is 1.71. The van der Waals surface area contributed by atoms with E-state index in [0.29, 0.717) is 5.03 Å². The van der Waals surface area contributed by atoms with Crippen molar-refractivity contribution in [3.8, 4) is 6.07 Å². The van der Waals surface area contributed by atoms with Crippen LogP contribution < -0.4 is 16.4 Å². The van der Waals surface area contributed by atoms with Crippen LogP contribution in [0.2, 0.25) is 0 Å². The van der Waals surface area contributed by atoms with Crippen molar-refractivity contribution in [2.24, 2.45) is 5.73 Å². The highest BCUT2D eigenvalue weighted by Gasteiger charge is 2.28. The van der Waals surface area contributed by atoms with Crippen LogP contribution in [0.25, 0.3) is 0 Å². The van der Waals surface area contributed by atoms with E-state index in [1.165, 1.54) is 41.8 Å². The lowest BCUT2D eigenvalue weighted by atomic mass is 10.1. The molecule has 1 aromatic heterocycles. The molecule has 2 rings (SSSR count). The van der Waals surface area contributed by atoms with E-state index in [2.05, 4.69) is 9.97 Å². The molecule has 0 radical (unpaired) electrons. The quantitative estimate of drug-likeness (QED) is 0.331. The van der Waals surface area contributed by atoms with E-state index in [1.54, 1.807) is 12.3 Å². The van der Waals surface area contributed by atoms with Gasteiger partial charge in [0.15, 0.2) is 5.82 Å². The summed E-state index contributed by atoms with van der Waals surface area (Å²) in [5, 5.41) is 21.0. The van der Waals surface area contributed by atoms with Gasteiger partial charge >= 0.3 is 0 Å². The van der Waals surface area contributed by atoms with Gasteiger partial charge in [0.05, 0.1) is 10.6 Å². The number of benzene rings is 1. The van der Waals surface area contributed by atoms with Crippen molar-refractivity contribution in [2.45, 2.75) is 18.0 Å². The van der Waals surface area contributed by atoms with Crippen molar-refractivity contribution >= 4 is 40.8 Å². The number of nitrogens with two attached hydrogens (primary N) is 2. The number of nitro groups is 1. The van der Waals surface area contributed by atoms with Gasteiger partial charge in [-0.2, -0.15) is 10.2 Å². The average Bonchev–Trinajstić information content (AvgIpc) is 2.61. The standard InChI is InChI=1S/C15H15N7O3S/c1-8(12(17)23)21(9-4-3-5-10(6-9)22(24)25)13-11(7-16)14(26-2)20-15(18)19-13/h3-6,8H,1-2H3,(H2,17,23)(H2,18,19,20)/t8-/m0/s1. The van der Waals surface area contributed by atoms with Gasteiger partial charge in [-0.25, -0.2) is 4.98 Å². The Labute approximate surface area is 153 Å². The molecular weight excluding hydrogens is 358 g/mol. The van der Waals surface area contributed by atoms with Gasteiger partial charge in [-0.15, -0.1) is 11.8 Å². The lowest BCUT2D eigenvalue weighted by molar-refractivity contribution is -0.384. The summed E-state index contributed by atoms with van der Waals surface area (Å²) in [5.74, 6) is -0.755. The number of hydrogen-bond acceptors (Lipinski definition) is 9. The Hall–Kier alpha value is -3.39. The Morgan fingerprint density at radius 3 is 2.69 bits per heavy atom. The Balaban J connectivity index is 2.78. The topological polar surface area (TPSA) is 165 Å². The number of non-ortho nitro benzene ring substituents is 1. The highest BCUT2D eigenvalue weighted by Crippen LogP contribution is 2.34. The number of nitrogens with zero attached hydrogens (tertiary/aromatic N) is 5. The maximum Gasteiger partial charge on any atom is 0.271 e. The Morgan fingerprint density at radius 2 is 2.15 bits per heavy atom. The van der Waals surface area contributed by atoms with Crippen LogP contribution in [-0.4, -0.2) is 33.1 Å². The summed E-state index contributed by atoms with van der Waals surface area (Å²) in [6, 6.07) is 6.62. The van der Waals surface area contributed by atoms with Crippen LogP contribution >= 0.6 is 11.8 Å². The van der Waals surface area contributed by atoms with Gasteiger partial charge in [-0.3, -0.25) is 14.9 Å². The maximum atomic E-state index is 11.8. The first-order chi connectivity index (χ1) is 12.3. The van der Waals surface area contributed by atoms with Gasteiger partial charge in [-0.05, 0) is 19.2 Å². The first-order valence-electron chi connectivity index (χ1n) is 7.24. The molecule has 0 saturated heterocycles. The third kappa shape index (κ3) is 3.65. The Morgan fingerprint density at radius 1 is 1.46 bits per heavy atom. The second kappa shape index (κ2) is 7.66. The number of anilines is 3. The zero-order chi connectivity index (χ0) is 19.4. The maximum absolute atomic E-state index is 11.8. The van der Waals surface area contributed by atoms with Gasteiger partial charge in [0, 0.05) is 12.1 Å². The van der Waals surface area contributed by atoms with Crippen molar-refractivity contribution in [3.63, 3.8) is 0 Å². The molecule has 11 heteroatoms. The smallest absolute Gasteiger partial charge is 0.271 e. The van der Waals surface area contributed by atoms with Crippen molar-refractivity contribution < 1.29 is 9.72 Å². The van der Waals surface area contributed by atoms with E-state index >= 15 is 0 Å². The molecule has 1 aromatic carbocycles. The fourth-order valence-electron chi connectivity index (χ4n) is 2.28. The Bertz CT molecular complexity index is 913. The number of rotatable bonds is 6. The number of thioether (sulfide) groups is 1. The van der Waals surface area contributed by atoms with Crippen molar-refractivity contribution in [1.82, 2.24) is 9.97 Å². The lowest BCUT2D eigenvalue weighted by Gasteiger charge is -2.29. The summed E-state index contributed by atoms with van der Waals surface area (Å²) in [4.78, 5) is 31.8. The SMILES string of the molecule is CSc1nc(N)nc(N(c2cccc([N+](=O)[O-])c2)[C@@H](C)C(N)=O)c1C#N. The molecule has 4 N–H and O–H groups in total. The van der Waals surface area contributed by atoms with Gasteiger partial charge in [0.1, 0.15) is 22.7 Å². The van der Waals surface area contributed by atoms with E-state index in [0.717, 1.165) is 0 Å². The van der Waals surface area contributed by atoms with Crippen LogP contribution in [0, 0.1) is 21.4 Å². The summed E-state index contributed by atoms with van der Waals surface area (Å²) in [5.41, 5.74) is 11.3. The minimum Gasteiger partial charge on any atom is -0.368 e. The predicted octanol–water partition coefficient (Wildman–Crippen LogP) is 1.57. The second-order valence-corrected chi connectivity index (χ2v) is 5.92. The van der Waals surface area contributed by atoms with Crippen LogP contribution in [0.4, 0.5) is 23.1 Å². The van der Waals surface area contributed by atoms with Crippen LogP contribution in [0.15, 0.2) is 29.3 Å². The normalized spacial score (nSPS) is 11.4. The molecule has 1 amide bonds. The molecular formula is C15H15N7O3S. The number of nitriles is 1. The first-order valence-corrected chi connectivity index (χ1v) is 8.47. The molecule has 0 saturated carbocycles. The molecule has 0 aliphatic rings. The fourth-order valence-corrected chi connectivity index (χ4v) is 2.80. The molecule has 1 heterocycles. The minimum absolute atomic E-state index is 0.0520. The lowest BCUT2D eigenvalue weighted by Crippen LogP contribution is -2.41. The number of nitro benzene ring substituents is 1. The number of nitrogen functional groups attached to an aromatic ring is 1. The van der Waals surface area contributed by atoms with Gasteiger partial charge < -0.3 is 16.4 Å².